The Morgan fingerprint density at radius 3 is 2.82 bits per heavy atom. The highest BCUT2D eigenvalue weighted by Crippen LogP contribution is 2.34. The molecule has 3 aromatic heterocycles. The number of pyridine rings is 1. The zero-order valence-corrected chi connectivity index (χ0v) is 21.9. The van der Waals surface area contributed by atoms with Crippen LogP contribution in [0.15, 0.2) is 49.1 Å². The van der Waals surface area contributed by atoms with Crippen LogP contribution in [0.25, 0.3) is 16.9 Å². The van der Waals surface area contributed by atoms with Crippen LogP contribution in [0.2, 0.25) is 0 Å². The highest BCUT2D eigenvalue weighted by atomic mass is 16.5. The minimum absolute atomic E-state index is 0.669. The van der Waals surface area contributed by atoms with Crippen LogP contribution in [0.4, 0.5) is 17.2 Å². The highest BCUT2D eigenvalue weighted by Gasteiger charge is 2.20. The van der Waals surface area contributed by atoms with Gasteiger partial charge in [-0.3, -0.25) is 4.90 Å². The Labute approximate surface area is 222 Å². The molecule has 10 nitrogen and oxygen atoms in total. The Bertz CT molecular complexity index is 1420. The molecule has 0 radical (unpaired) electrons. The summed E-state index contributed by atoms with van der Waals surface area (Å²) in [4.78, 5) is 18.8. The second-order valence-corrected chi connectivity index (χ2v) is 9.61. The third kappa shape index (κ3) is 4.97. The van der Waals surface area contributed by atoms with Crippen molar-refractivity contribution in [2.75, 3.05) is 70.4 Å². The van der Waals surface area contributed by atoms with Crippen molar-refractivity contribution in [1.82, 2.24) is 24.3 Å². The molecule has 0 saturated carbocycles. The zero-order valence-electron chi connectivity index (χ0n) is 21.9. The van der Waals surface area contributed by atoms with E-state index in [9.17, 15) is 0 Å². The lowest BCUT2D eigenvalue weighted by molar-refractivity contribution is 0.144. The van der Waals surface area contributed by atoms with E-state index in [1.807, 2.05) is 29.1 Å². The molecule has 0 aliphatic carbocycles. The van der Waals surface area contributed by atoms with Gasteiger partial charge in [-0.15, -0.1) is 0 Å². The number of hydrogen-bond acceptors (Lipinski definition) is 9. The summed E-state index contributed by atoms with van der Waals surface area (Å²) >= 11 is 0. The molecule has 10 heteroatoms. The lowest BCUT2D eigenvalue weighted by Crippen LogP contribution is -2.47. The molecule has 2 aliphatic heterocycles. The molecule has 2 aliphatic rings. The molecule has 38 heavy (non-hydrogen) atoms. The van der Waals surface area contributed by atoms with Crippen LogP contribution in [0.3, 0.4) is 0 Å². The maximum atomic E-state index is 5.81. The van der Waals surface area contributed by atoms with Crippen molar-refractivity contribution in [1.29, 1.82) is 0 Å². The Kier molecular flexibility index (Phi) is 6.98. The third-order valence-electron chi connectivity index (χ3n) is 7.19. The summed E-state index contributed by atoms with van der Waals surface area (Å²) in [6.45, 7) is 6.36. The van der Waals surface area contributed by atoms with Gasteiger partial charge in [-0.25, -0.2) is 15.0 Å². The number of nitrogens with one attached hydrogen (secondary N) is 1. The summed E-state index contributed by atoms with van der Waals surface area (Å²) in [6, 6.07) is 8.34. The first kappa shape index (κ1) is 24.4. The van der Waals surface area contributed by atoms with Crippen LogP contribution < -0.4 is 19.7 Å². The molecule has 1 N–H and O–H groups in total. The maximum Gasteiger partial charge on any atom is 0.216 e. The highest BCUT2D eigenvalue weighted by molar-refractivity contribution is 5.76. The van der Waals surface area contributed by atoms with Crippen molar-refractivity contribution in [3.63, 3.8) is 0 Å². The molecule has 1 saturated heterocycles. The molecule has 4 aromatic rings. The van der Waals surface area contributed by atoms with Crippen molar-refractivity contribution < 1.29 is 14.2 Å². The molecule has 0 bridgehead atoms. The number of ether oxygens (including phenoxy) is 3. The fourth-order valence-corrected chi connectivity index (χ4v) is 5.12. The number of aryl methyl sites for hydroxylation is 1. The number of aromatic nitrogens is 4. The Morgan fingerprint density at radius 2 is 1.97 bits per heavy atom. The van der Waals surface area contributed by atoms with Gasteiger partial charge in [-0.1, -0.05) is 0 Å². The van der Waals surface area contributed by atoms with Crippen LogP contribution >= 0.6 is 0 Å². The molecule has 5 heterocycles. The lowest BCUT2D eigenvalue weighted by Gasteiger charge is -2.36. The van der Waals surface area contributed by atoms with E-state index < -0.39 is 0 Å². The predicted molar refractivity (Wildman–Crippen MR) is 147 cm³/mol. The molecule has 6 rings (SSSR count). The van der Waals surface area contributed by atoms with Gasteiger partial charge in [0.1, 0.15) is 5.75 Å². The zero-order chi connectivity index (χ0) is 25.9. The van der Waals surface area contributed by atoms with Crippen molar-refractivity contribution in [3.05, 3.63) is 54.6 Å². The maximum absolute atomic E-state index is 5.81. The quantitative estimate of drug-likeness (QED) is 0.378. The van der Waals surface area contributed by atoms with E-state index in [-0.39, 0.29) is 0 Å². The van der Waals surface area contributed by atoms with Crippen molar-refractivity contribution in [2.45, 2.75) is 12.8 Å². The van der Waals surface area contributed by atoms with Gasteiger partial charge < -0.3 is 28.8 Å². The van der Waals surface area contributed by atoms with Gasteiger partial charge >= 0.3 is 0 Å². The summed E-state index contributed by atoms with van der Waals surface area (Å²) in [5, 5.41) is 3.48. The minimum atomic E-state index is 0.669. The second kappa shape index (κ2) is 10.8. The Hall–Kier alpha value is -3.89. The van der Waals surface area contributed by atoms with E-state index in [1.165, 1.54) is 0 Å². The fraction of sp³-hybridized carbons (Fsp3) is 0.393. The van der Waals surface area contributed by atoms with E-state index in [0.29, 0.717) is 5.82 Å². The van der Waals surface area contributed by atoms with Gasteiger partial charge in [0.15, 0.2) is 11.5 Å². The Morgan fingerprint density at radius 1 is 1.08 bits per heavy atom. The number of imidazole rings is 1. The first-order valence-electron chi connectivity index (χ1n) is 13.1. The van der Waals surface area contributed by atoms with Gasteiger partial charge in [-0.05, 0) is 31.0 Å². The first-order valence-corrected chi connectivity index (χ1v) is 13.1. The van der Waals surface area contributed by atoms with Crippen LogP contribution in [-0.4, -0.2) is 84.4 Å². The summed E-state index contributed by atoms with van der Waals surface area (Å²) in [6.07, 6.45) is 9.48. The average molecular weight is 516 g/mol. The molecule has 0 spiro atoms. The number of hydrogen-bond donors (Lipinski definition) is 1. The summed E-state index contributed by atoms with van der Waals surface area (Å²) in [7, 11) is 3.47. The van der Waals surface area contributed by atoms with Gasteiger partial charge in [-0.2, -0.15) is 0 Å². The normalized spacial score (nSPS) is 15.8. The van der Waals surface area contributed by atoms with Crippen molar-refractivity contribution in [3.8, 4) is 22.9 Å². The number of rotatable bonds is 8. The van der Waals surface area contributed by atoms with E-state index in [2.05, 4.69) is 43.3 Å². The monoisotopic (exact) mass is 515 g/mol. The van der Waals surface area contributed by atoms with Crippen molar-refractivity contribution >= 4 is 22.8 Å². The van der Waals surface area contributed by atoms with Crippen LogP contribution in [0.5, 0.6) is 11.6 Å². The average Bonchev–Trinajstić information content (AvgIpc) is 3.45. The van der Waals surface area contributed by atoms with Gasteiger partial charge in [0.25, 0.3) is 0 Å². The second-order valence-electron chi connectivity index (χ2n) is 9.61. The van der Waals surface area contributed by atoms with Gasteiger partial charge in [0, 0.05) is 87.5 Å². The van der Waals surface area contributed by atoms with Crippen molar-refractivity contribution in [2.24, 2.45) is 0 Å². The summed E-state index contributed by atoms with van der Waals surface area (Å²) in [5.41, 5.74) is 5.61. The largest absolute Gasteiger partial charge is 0.495 e. The predicted octanol–water partition coefficient (Wildman–Crippen LogP) is 3.64. The van der Waals surface area contributed by atoms with Gasteiger partial charge in [0.2, 0.25) is 5.88 Å². The fourth-order valence-electron chi connectivity index (χ4n) is 5.12. The minimum Gasteiger partial charge on any atom is -0.495 e. The number of piperazine rings is 1. The summed E-state index contributed by atoms with van der Waals surface area (Å²) < 4.78 is 18.7. The number of benzene rings is 1. The molecular weight excluding hydrogens is 482 g/mol. The SMILES string of the molecule is COCCN1CCN(c2ccc(Nc3nc(-c4cnc5c(c4)CCCO5)cn4ccnc34)cc2OC)CC1. The molecular formula is C28H33N7O3. The smallest absolute Gasteiger partial charge is 0.216 e. The topological polar surface area (TPSA) is 89.3 Å². The van der Waals surface area contributed by atoms with E-state index >= 15 is 0 Å². The molecule has 0 unspecified atom stereocenters. The number of anilines is 3. The molecule has 1 fully saturated rings. The number of fused-ring (bicyclic) bond motifs is 2. The Balaban J connectivity index is 1.25. The van der Waals surface area contributed by atoms with E-state index in [4.69, 9.17) is 19.2 Å². The lowest BCUT2D eigenvalue weighted by atomic mass is 10.1. The number of nitrogens with zero attached hydrogens (tertiary/aromatic N) is 6. The molecule has 1 aromatic carbocycles. The molecule has 0 atom stereocenters. The van der Waals surface area contributed by atoms with Crippen LogP contribution in [-0.2, 0) is 11.2 Å². The number of methoxy groups -OCH3 is 2. The molecule has 0 amide bonds. The first-order chi connectivity index (χ1) is 18.7. The van der Waals surface area contributed by atoms with E-state index in [1.54, 1.807) is 20.4 Å². The summed E-state index contributed by atoms with van der Waals surface area (Å²) in [5.74, 6) is 2.23. The molecule has 198 valence electrons. The van der Waals surface area contributed by atoms with Crippen LogP contribution in [0.1, 0.15) is 12.0 Å². The van der Waals surface area contributed by atoms with Crippen LogP contribution in [0, 0.1) is 0 Å². The van der Waals surface area contributed by atoms with Gasteiger partial charge in [0.05, 0.1) is 31.7 Å². The third-order valence-corrected chi connectivity index (χ3v) is 7.19. The van der Waals surface area contributed by atoms with E-state index in [0.717, 1.165) is 104 Å². The standard InChI is InChI=1S/C28H33N7O3/c1-36-15-13-33-9-11-34(12-10-33)24-6-5-22(17-25(24)37-2)31-26-27-29-7-8-35(27)19-23(32-26)21-16-20-4-3-14-38-28(20)30-18-21/h5-8,16-19H,3-4,9-15H2,1-2H3,(H,31,32).